The highest BCUT2D eigenvalue weighted by Gasteiger charge is 2.26. The van der Waals surface area contributed by atoms with Crippen molar-refractivity contribution in [1.82, 2.24) is 10.6 Å². The van der Waals surface area contributed by atoms with Crippen molar-refractivity contribution < 1.29 is 44.0 Å². The smallest absolute Gasteiger partial charge is 0.408 e. The van der Waals surface area contributed by atoms with Crippen LogP contribution < -0.4 is 10.6 Å². The Kier molecular flexibility index (Phi) is 11.0. The van der Waals surface area contributed by atoms with E-state index in [9.17, 15) is 29.1 Å². The fourth-order valence-corrected chi connectivity index (χ4v) is 2.69. The number of carboxylic acids is 3. The van der Waals surface area contributed by atoms with E-state index in [1.54, 1.807) is 24.3 Å². The number of nitrogens with one attached hydrogen (secondary N) is 2. The number of rotatable bonds is 13. The lowest BCUT2D eigenvalue weighted by Crippen LogP contribution is -2.43. The van der Waals surface area contributed by atoms with Gasteiger partial charge in [0, 0.05) is 23.0 Å². The van der Waals surface area contributed by atoms with Gasteiger partial charge in [-0.05, 0) is 49.9 Å². The molecule has 2 atom stereocenters. The Balaban J connectivity index is 2.41. The molecule has 0 fully saturated rings. The summed E-state index contributed by atoms with van der Waals surface area (Å²) >= 11 is 3.27. The van der Waals surface area contributed by atoms with E-state index in [2.05, 4.69) is 21.2 Å². The van der Waals surface area contributed by atoms with Crippen LogP contribution in [0.3, 0.4) is 0 Å². The number of amides is 2. The molecule has 31 heavy (non-hydrogen) atoms. The van der Waals surface area contributed by atoms with Crippen molar-refractivity contribution in [1.29, 1.82) is 0 Å². The van der Waals surface area contributed by atoms with Gasteiger partial charge in [0.05, 0.1) is 0 Å². The molecule has 1 aromatic carbocycles. The molecule has 0 heterocycles. The molecule has 170 valence electrons. The fourth-order valence-electron chi connectivity index (χ4n) is 2.42. The predicted octanol–water partition coefficient (Wildman–Crippen LogP) is 1.85. The summed E-state index contributed by atoms with van der Waals surface area (Å²) in [5.74, 6) is -4.39. The number of ether oxygens (including phenoxy) is 1. The zero-order chi connectivity index (χ0) is 23.4. The van der Waals surface area contributed by atoms with Gasteiger partial charge in [-0.1, -0.05) is 15.9 Å². The summed E-state index contributed by atoms with van der Waals surface area (Å²) in [4.78, 5) is 56.7. The molecule has 5 N–H and O–H groups in total. The minimum Gasteiger partial charge on any atom is -0.481 e. The number of hydrogen-bond acceptors (Lipinski definition) is 6. The molecule has 0 unspecified atom stereocenters. The lowest BCUT2D eigenvalue weighted by Gasteiger charge is -2.17. The van der Waals surface area contributed by atoms with Gasteiger partial charge in [-0.25, -0.2) is 14.4 Å². The van der Waals surface area contributed by atoms with Gasteiger partial charge < -0.3 is 30.7 Å². The van der Waals surface area contributed by atoms with Crippen LogP contribution in [0.15, 0.2) is 28.7 Å². The first-order valence-electron chi connectivity index (χ1n) is 9.28. The number of carboxylic acid groups (broad SMARTS) is 3. The second kappa shape index (κ2) is 13.2. The Bertz CT molecular complexity index is 798. The van der Waals surface area contributed by atoms with Crippen molar-refractivity contribution in [2.45, 2.75) is 44.2 Å². The molecule has 0 bridgehead atoms. The molecule has 0 aromatic heterocycles. The van der Waals surface area contributed by atoms with E-state index in [1.165, 1.54) is 0 Å². The third-order valence-corrected chi connectivity index (χ3v) is 4.58. The van der Waals surface area contributed by atoms with Gasteiger partial charge in [0.15, 0.2) is 0 Å². The van der Waals surface area contributed by atoms with Crippen LogP contribution >= 0.6 is 15.9 Å². The van der Waals surface area contributed by atoms with E-state index in [1.807, 2.05) is 5.32 Å². The number of carbonyl (C=O) groups excluding carboxylic acids is 2. The summed E-state index contributed by atoms with van der Waals surface area (Å²) < 4.78 is 5.59. The van der Waals surface area contributed by atoms with Crippen LogP contribution in [-0.2, 0) is 19.1 Å². The van der Waals surface area contributed by atoms with Gasteiger partial charge in [-0.3, -0.25) is 9.59 Å². The van der Waals surface area contributed by atoms with Crippen molar-refractivity contribution in [3.05, 3.63) is 34.3 Å². The Morgan fingerprint density at radius 1 is 0.935 bits per heavy atom. The maximum Gasteiger partial charge on any atom is 0.408 e. The third-order valence-electron chi connectivity index (χ3n) is 4.05. The maximum atomic E-state index is 12.0. The zero-order valence-electron chi connectivity index (χ0n) is 16.4. The SMILES string of the molecule is O=C(O)CC[C@H](NC(=O)O[C@@H](CCCCNC(=O)c1ccc(Br)cc1)C(=O)O)C(=O)O. The first-order chi connectivity index (χ1) is 14.6. The van der Waals surface area contributed by atoms with Crippen molar-refractivity contribution in [3.63, 3.8) is 0 Å². The highest BCUT2D eigenvalue weighted by Crippen LogP contribution is 2.11. The molecule has 11 nitrogen and oxygen atoms in total. The maximum absolute atomic E-state index is 12.0. The fraction of sp³-hybridized carbons (Fsp3) is 0.421. The second-order valence-electron chi connectivity index (χ2n) is 6.46. The minimum absolute atomic E-state index is 0.0518. The lowest BCUT2D eigenvalue weighted by molar-refractivity contribution is -0.147. The van der Waals surface area contributed by atoms with E-state index in [4.69, 9.17) is 14.9 Å². The predicted molar refractivity (Wildman–Crippen MR) is 110 cm³/mol. The quantitative estimate of drug-likeness (QED) is 0.251. The molecule has 0 radical (unpaired) electrons. The normalized spacial score (nSPS) is 12.3. The molecule has 0 saturated carbocycles. The lowest BCUT2D eigenvalue weighted by atomic mass is 10.1. The molecule has 12 heteroatoms. The Hall–Kier alpha value is -3.15. The van der Waals surface area contributed by atoms with Crippen LogP contribution in [0.5, 0.6) is 0 Å². The first kappa shape index (κ1) is 25.9. The molecule has 0 aliphatic carbocycles. The number of aliphatic carboxylic acids is 3. The third kappa shape index (κ3) is 10.4. The summed E-state index contributed by atoms with van der Waals surface area (Å²) in [7, 11) is 0. The Morgan fingerprint density at radius 2 is 1.58 bits per heavy atom. The minimum atomic E-state index is -1.52. The largest absolute Gasteiger partial charge is 0.481 e. The molecule has 0 aliphatic rings. The Morgan fingerprint density at radius 3 is 2.13 bits per heavy atom. The second-order valence-corrected chi connectivity index (χ2v) is 7.37. The van der Waals surface area contributed by atoms with Gasteiger partial charge in [-0.15, -0.1) is 0 Å². The molecule has 0 aliphatic heterocycles. The molecular formula is C19H23BrN2O9. The van der Waals surface area contributed by atoms with Crippen molar-refractivity contribution in [3.8, 4) is 0 Å². The van der Waals surface area contributed by atoms with Crippen molar-refractivity contribution in [2.75, 3.05) is 6.54 Å². The summed E-state index contributed by atoms with van der Waals surface area (Å²) in [5, 5.41) is 31.4. The van der Waals surface area contributed by atoms with Crippen LogP contribution in [-0.4, -0.2) is 63.9 Å². The van der Waals surface area contributed by atoms with E-state index in [0.29, 0.717) is 18.4 Å². The van der Waals surface area contributed by atoms with Gasteiger partial charge in [-0.2, -0.15) is 0 Å². The van der Waals surface area contributed by atoms with Crippen molar-refractivity contribution >= 4 is 45.8 Å². The molecule has 1 aromatic rings. The van der Waals surface area contributed by atoms with E-state index in [-0.39, 0.29) is 25.3 Å². The molecule has 2 amide bonds. The number of alkyl carbamates (subject to hydrolysis) is 1. The van der Waals surface area contributed by atoms with Gasteiger partial charge in [0.25, 0.3) is 5.91 Å². The van der Waals surface area contributed by atoms with Gasteiger partial charge >= 0.3 is 24.0 Å². The highest BCUT2D eigenvalue weighted by molar-refractivity contribution is 9.10. The van der Waals surface area contributed by atoms with Crippen LogP contribution in [0.4, 0.5) is 4.79 Å². The Labute approximate surface area is 185 Å². The van der Waals surface area contributed by atoms with Crippen LogP contribution in [0.2, 0.25) is 0 Å². The topological polar surface area (TPSA) is 179 Å². The first-order valence-corrected chi connectivity index (χ1v) is 10.1. The van der Waals surface area contributed by atoms with Crippen LogP contribution in [0.1, 0.15) is 42.5 Å². The monoisotopic (exact) mass is 502 g/mol. The number of halogens is 1. The summed E-state index contributed by atoms with van der Waals surface area (Å²) in [6, 6.07) is 5.23. The average Bonchev–Trinajstić information content (AvgIpc) is 2.69. The summed E-state index contributed by atoms with van der Waals surface area (Å²) in [5.41, 5.74) is 0.475. The van der Waals surface area contributed by atoms with Crippen LogP contribution in [0.25, 0.3) is 0 Å². The van der Waals surface area contributed by atoms with Crippen molar-refractivity contribution in [2.24, 2.45) is 0 Å². The van der Waals surface area contributed by atoms with Crippen LogP contribution in [0, 0.1) is 0 Å². The van der Waals surface area contributed by atoms with Gasteiger partial charge in [0.1, 0.15) is 6.04 Å². The number of benzene rings is 1. The molecular weight excluding hydrogens is 480 g/mol. The number of carbonyl (C=O) groups is 5. The molecule has 0 saturated heterocycles. The van der Waals surface area contributed by atoms with E-state index >= 15 is 0 Å². The summed E-state index contributed by atoms with van der Waals surface area (Å²) in [6.07, 6.45) is -2.98. The number of hydrogen-bond donors (Lipinski definition) is 5. The summed E-state index contributed by atoms with van der Waals surface area (Å²) in [6.45, 7) is 0.281. The standard InChI is InChI=1S/C19H23BrN2O9/c20-12-6-4-11(5-7-12)16(25)21-10-2-1-3-14(18(28)29)31-19(30)22-13(17(26)27)8-9-15(23)24/h4-7,13-14H,1-3,8-10H2,(H,21,25)(H,22,30)(H,23,24)(H,26,27)(H,28,29)/t13-,14-/m0/s1. The highest BCUT2D eigenvalue weighted by atomic mass is 79.9. The molecule has 1 rings (SSSR count). The van der Waals surface area contributed by atoms with Gasteiger partial charge in [0.2, 0.25) is 6.10 Å². The number of unbranched alkanes of at least 4 members (excludes halogenated alkanes) is 1. The van der Waals surface area contributed by atoms with E-state index in [0.717, 1.165) is 4.47 Å². The van der Waals surface area contributed by atoms with E-state index < -0.39 is 42.6 Å². The zero-order valence-corrected chi connectivity index (χ0v) is 18.0. The average molecular weight is 503 g/mol. The molecule has 0 spiro atoms.